The molecule has 2 aromatic heterocycles. The molecular weight excluding hydrogens is 486 g/mol. The van der Waals surface area contributed by atoms with E-state index in [-0.39, 0.29) is 22.8 Å². The summed E-state index contributed by atoms with van der Waals surface area (Å²) in [6, 6.07) is 21.4. The van der Waals surface area contributed by atoms with Crippen molar-refractivity contribution < 1.29 is 13.9 Å². The Kier molecular flexibility index (Phi) is 6.48. The number of para-hydroxylation sites is 1. The third kappa shape index (κ3) is 4.76. The number of amides is 1. The molecule has 2 heterocycles. The van der Waals surface area contributed by atoms with Crippen LogP contribution >= 0.6 is 23.4 Å². The van der Waals surface area contributed by atoms with Crippen LogP contribution in [0.3, 0.4) is 0 Å². The van der Waals surface area contributed by atoms with Gasteiger partial charge in [0.2, 0.25) is 11.5 Å². The van der Waals surface area contributed by atoms with Crippen LogP contribution in [0.4, 0.5) is 5.69 Å². The van der Waals surface area contributed by atoms with Crippen molar-refractivity contribution in [1.29, 1.82) is 0 Å². The quantitative estimate of drug-likeness (QED) is 0.218. The summed E-state index contributed by atoms with van der Waals surface area (Å²) in [5, 5.41) is 4.46. The monoisotopic (exact) mass is 505 g/mol. The Labute approximate surface area is 209 Å². The van der Waals surface area contributed by atoms with Crippen LogP contribution in [0.1, 0.15) is 6.92 Å². The first kappa shape index (κ1) is 23.0. The minimum absolute atomic E-state index is 0.0390. The van der Waals surface area contributed by atoms with Crippen LogP contribution in [0.15, 0.2) is 87.2 Å². The number of ether oxygens (including phenoxy) is 1. The smallest absolute Gasteiger partial charge is 0.302 e. The fourth-order valence-corrected chi connectivity index (χ4v) is 4.69. The third-order valence-electron chi connectivity index (χ3n) is 5.21. The van der Waals surface area contributed by atoms with Gasteiger partial charge in [0, 0.05) is 16.1 Å². The van der Waals surface area contributed by atoms with Crippen molar-refractivity contribution in [2.75, 3.05) is 17.7 Å². The summed E-state index contributed by atoms with van der Waals surface area (Å²) in [4.78, 5) is 31.0. The zero-order valence-electron chi connectivity index (χ0n) is 18.7. The molecule has 0 aliphatic heterocycles. The molecule has 0 bridgehead atoms. The first-order chi connectivity index (χ1) is 17.0. The van der Waals surface area contributed by atoms with E-state index in [2.05, 4.69) is 5.32 Å². The molecule has 0 atom stereocenters. The molecule has 7 nitrogen and oxygen atoms in total. The van der Waals surface area contributed by atoms with Gasteiger partial charge in [-0.15, -0.1) is 0 Å². The second kappa shape index (κ2) is 9.85. The number of nitrogens with zero attached hydrogens (tertiary/aromatic N) is 2. The molecule has 35 heavy (non-hydrogen) atoms. The highest BCUT2D eigenvalue weighted by Crippen LogP contribution is 2.29. The standard InChI is InChI=1S/C26H20ClN3O4S/c1-2-33-19-12-10-18(11-13-19)30-25(32)24-23(20-8-3-4-9-21(20)34-24)29-26(30)35-15-22(31)28-17-7-5-6-16(27)14-17/h3-14H,2,15H2,1H3,(H,28,31). The predicted octanol–water partition coefficient (Wildman–Crippen LogP) is 5.91. The lowest BCUT2D eigenvalue weighted by molar-refractivity contribution is -0.113. The molecule has 0 aliphatic rings. The van der Waals surface area contributed by atoms with Gasteiger partial charge < -0.3 is 14.5 Å². The first-order valence-corrected chi connectivity index (χ1v) is 12.3. The zero-order chi connectivity index (χ0) is 24.4. The molecule has 0 radical (unpaired) electrons. The Morgan fingerprint density at radius 2 is 1.91 bits per heavy atom. The summed E-state index contributed by atoms with van der Waals surface area (Å²) in [5.74, 6) is 0.483. The van der Waals surface area contributed by atoms with E-state index in [0.717, 1.165) is 17.1 Å². The average Bonchev–Trinajstić information content (AvgIpc) is 3.23. The van der Waals surface area contributed by atoms with Crippen LogP contribution in [-0.2, 0) is 4.79 Å². The first-order valence-electron chi connectivity index (χ1n) is 10.9. The number of thioether (sulfide) groups is 1. The van der Waals surface area contributed by atoms with Crippen LogP contribution < -0.4 is 15.6 Å². The number of hydrogen-bond acceptors (Lipinski definition) is 6. The van der Waals surface area contributed by atoms with Gasteiger partial charge >= 0.3 is 5.56 Å². The molecule has 0 aliphatic carbocycles. The Hall–Kier alpha value is -3.75. The van der Waals surface area contributed by atoms with Crippen LogP contribution in [0.25, 0.3) is 27.8 Å². The summed E-state index contributed by atoms with van der Waals surface area (Å²) in [7, 11) is 0. The number of rotatable bonds is 7. The minimum atomic E-state index is -0.354. The number of nitrogens with one attached hydrogen (secondary N) is 1. The summed E-state index contributed by atoms with van der Waals surface area (Å²) in [5.41, 5.74) is 2.03. The molecule has 9 heteroatoms. The fourth-order valence-electron chi connectivity index (χ4n) is 3.70. The van der Waals surface area contributed by atoms with Gasteiger partial charge in [0.1, 0.15) is 16.8 Å². The van der Waals surface area contributed by atoms with Crippen molar-refractivity contribution in [2.45, 2.75) is 12.1 Å². The maximum atomic E-state index is 13.6. The van der Waals surface area contributed by atoms with Crippen LogP contribution in [0.5, 0.6) is 5.75 Å². The highest BCUT2D eigenvalue weighted by molar-refractivity contribution is 7.99. The summed E-state index contributed by atoms with van der Waals surface area (Å²) in [6.07, 6.45) is 0. The van der Waals surface area contributed by atoms with Crippen molar-refractivity contribution in [3.63, 3.8) is 0 Å². The molecule has 0 saturated carbocycles. The predicted molar refractivity (Wildman–Crippen MR) is 139 cm³/mol. The number of carbonyl (C=O) groups is 1. The SMILES string of the molecule is CCOc1ccc(-n2c(SCC(=O)Nc3cccc(Cl)c3)nc3c(oc4ccccc43)c2=O)cc1. The number of fused-ring (bicyclic) bond motifs is 3. The van der Waals surface area contributed by atoms with Crippen LogP contribution in [0.2, 0.25) is 5.02 Å². The molecule has 0 spiro atoms. The van der Waals surface area contributed by atoms with Gasteiger partial charge in [0.05, 0.1) is 18.0 Å². The number of aromatic nitrogens is 2. The molecule has 0 fully saturated rings. The number of halogens is 1. The number of hydrogen-bond donors (Lipinski definition) is 1. The molecule has 1 amide bonds. The molecule has 0 unspecified atom stereocenters. The lowest BCUT2D eigenvalue weighted by Gasteiger charge is -2.12. The van der Waals surface area contributed by atoms with Gasteiger partial charge in [-0.05, 0) is 61.5 Å². The Morgan fingerprint density at radius 3 is 2.69 bits per heavy atom. The van der Waals surface area contributed by atoms with Gasteiger partial charge in [-0.25, -0.2) is 4.98 Å². The van der Waals surface area contributed by atoms with Gasteiger partial charge in [-0.2, -0.15) is 0 Å². The highest BCUT2D eigenvalue weighted by atomic mass is 35.5. The minimum Gasteiger partial charge on any atom is -0.494 e. The van der Waals surface area contributed by atoms with E-state index < -0.39 is 0 Å². The van der Waals surface area contributed by atoms with Gasteiger partial charge in [0.25, 0.3) is 0 Å². The van der Waals surface area contributed by atoms with E-state index >= 15 is 0 Å². The molecule has 1 N–H and O–H groups in total. The largest absolute Gasteiger partial charge is 0.494 e. The lowest BCUT2D eigenvalue weighted by Crippen LogP contribution is -2.22. The number of carbonyl (C=O) groups excluding carboxylic acids is 1. The molecule has 5 aromatic rings. The van der Waals surface area contributed by atoms with E-state index in [4.69, 9.17) is 25.7 Å². The number of benzene rings is 3. The molecular formula is C26H20ClN3O4S. The van der Waals surface area contributed by atoms with Crippen LogP contribution in [-0.4, -0.2) is 27.8 Å². The Balaban J connectivity index is 1.54. The normalized spacial score (nSPS) is 11.1. The summed E-state index contributed by atoms with van der Waals surface area (Å²) in [6.45, 7) is 2.44. The van der Waals surface area contributed by atoms with Gasteiger partial charge in [-0.3, -0.25) is 14.2 Å². The maximum absolute atomic E-state index is 13.6. The zero-order valence-corrected chi connectivity index (χ0v) is 20.2. The Bertz CT molecular complexity index is 1590. The van der Waals surface area contributed by atoms with E-state index in [1.165, 1.54) is 4.57 Å². The molecule has 3 aromatic carbocycles. The van der Waals surface area contributed by atoms with E-state index in [1.54, 1.807) is 54.6 Å². The second-order valence-electron chi connectivity index (χ2n) is 7.59. The van der Waals surface area contributed by atoms with E-state index in [9.17, 15) is 9.59 Å². The van der Waals surface area contributed by atoms with E-state index in [1.807, 2.05) is 25.1 Å². The average molecular weight is 506 g/mol. The molecule has 5 rings (SSSR count). The number of anilines is 1. The third-order valence-corrected chi connectivity index (χ3v) is 6.39. The molecule has 0 saturated heterocycles. The fraction of sp³-hybridized carbons (Fsp3) is 0.115. The van der Waals surface area contributed by atoms with Crippen molar-refractivity contribution in [2.24, 2.45) is 0 Å². The van der Waals surface area contributed by atoms with Gasteiger partial charge in [0.15, 0.2) is 5.16 Å². The van der Waals surface area contributed by atoms with Crippen molar-refractivity contribution in [3.05, 3.63) is 88.2 Å². The highest BCUT2D eigenvalue weighted by Gasteiger charge is 2.20. The van der Waals surface area contributed by atoms with Crippen molar-refractivity contribution in [3.8, 4) is 11.4 Å². The summed E-state index contributed by atoms with van der Waals surface area (Å²) >= 11 is 7.17. The topological polar surface area (TPSA) is 86.4 Å². The van der Waals surface area contributed by atoms with Crippen molar-refractivity contribution in [1.82, 2.24) is 9.55 Å². The van der Waals surface area contributed by atoms with Crippen molar-refractivity contribution >= 4 is 57.0 Å². The summed E-state index contributed by atoms with van der Waals surface area (Å²) < 4.78 is 12.8. The van der Waals surface area contributed by atoms with Crippen LogP contribution in [0, 0.1) is 0 Å². The molecule has 176 valence electrons. The maximum Gasteiger partial charge on any atom is 0.302 e. The number of furan rings is 1. The lowest BCUT2D eigenvalue weighted by atomic mass is 10.2. The Morgan fingerprint density at radius 1 is 1.11 bits per heavy atom. The van der Waals surface area contributed by atoms with E-state index in [0.29, 0.717) is 45.0 Å². The second-order valence-corrected chi connectivity index (χ2v) is 8.96. The van der Waals surface area contributed by atoms with Gasteiger partial charge in [-0.1, -0.05) is 41.6 Å².